The lowest BCUT2D eigenvalue weighted by atomic mass is 9.74. The molecule has 26 heavy (non-hydrogen) atoms. The van der Waals surface area contributed by atoms with Gasteiger partial charge in [0.15, 0.2) is 0 Å². The van der Waals surface area contributed by atoms with Crippen LogP contribution < -0.4 is 9.64 Å². The van der Waals surface area contributed by atoms with Gasteiger partial charge in [-0.1, -0.05) is 17.7 Å². The van der Waals surface area contributed by atoms with Crippen molar-refractivity contribution < 1.29 is 24.2 Å². The van der Waals surface area contributed by atoms with Gasteiger partial charge in [0.05, 0.1) is 25.2 Å². The van der Waals surface area contributed by atoms with E-state index in [1.54, 1.807) is 30.2 Å². The van der Waals surface area contributed by atoms with Gasteiger partial charge in [0.2, 0.25) is 5.91 Å². The highest BCUT2D eigenvalue weighted by Crippen LogP contribution is 2.56. The van der Waals surface area contributed by atoms with E-state index in [-0.39, 0.29) is 11.9 Å². The summed E-state index contributed by atoms with van der Waals surface area (Å²) in [6, 6.07) is 6.87. The number of nitrogens with zero attached hydrogens (tertiary/aromatic N) is 1. The number of benzene rings is 1. The number of hydrogen-bond donors (Lipinski definition) is 1. The molecule has 0 saturated carbocycles. The SMILES string of the molecule is C=C(C)CC1N(c2ccc(OC)cc2)C(=O)[C@@H]2C(C(=O)O)[C@H]3C=C[C@@]12O3. The second-order valence-electron chi connectivity index (χ2n) is 7.22. The maximum atomic E-state index is 13.3. The Labute approximate surface area is 151 Å². The first-order valence-corrected chi connectivity index (χ1v) is 8.60. The summed E-state index contributed by atoms with van der Waals surface area (Å²) in [5.74, 6) is -2.09. The molecule has 0 radical (unpaired) electrons. The lowest BCUT2D eigenvalue weighted by Gasteiger charge is -2.33. The average molecular weight is 355 g/mol. The van der Waals surface area contributed by atoms with Gasteiger partial charge >= 0.3 is 5.97 Å². The van der Waals surface area contributed by atoms with Crippen molar-refractivity contribution >= 4 is 17.6 Å². The molecule has 0 aliphatic carbocycles. The molecule has 3 heterocycles. The van der Waals surface area contributed by atoms with Gasteiger partial charge in [-0.2, -0.15) is 0 Å². The smallest absolute Gasteiger partial charge is 0.310 e. The van der Waals surface area contributed by atoms with Crippen LogP contribution in [-0.4, -0.2) is 41.8 Å². The summed E-state index contributed by atoms with van der Waals surface area (Å²) < 4.78 is 11.3. The van der Waals surface area contributed by atoms with Gasteiger partial charge in [0.1, 0.15) is 17.3 Å². The number of carboxylic acids is 1. The molecular weight excluding hydrogens is 334 g/mol. The number of amides is 1. The Kier molecular flexibility index (Phi) is 3.70. The van der Waals surface area contributed by atoms with Crippen LogP contribution >= 0.6 is 0 Å². The summed E-state index contributed by atoms with van der Waals surface area (Å²) in [5, 5.41) is 9.67. The molecule has 1 spiro atoms. The van der Waals surface area contributed by atoms with Crippen LogP contribution in [0.2, 0.25) is 0 Å². The summed E-state index contributed by atoms with van der Waals surface area (Å²) in [6.45, 7) is 5.90. The third kappa shape index (κ3) is 2.15. The van der Waals surface area contributed by atoms with E-state index in [0.29, 0.717) is 17.9 Å². The first-order chi connectivity index (χ1) is 12.4. The van der Waals surface area contributed by atoms with Crippen molar-refractivity contribution in [2.45, 2.75) is 31.1 Å². The molecule has 4 rings (SSSR count). The van der Waals surface area contributed by atoms with E-state index in [9.17, 15) is 14.7 Å². The van der Waals surface area contributed by atoms with Gasteiger partial charge in [-0.15, -0.1) is 6.58 Å². The van der Waals surface area contributed by atoms with E-state index >= 15 is 0 Å². The zero-order chi connectivity index (χ0) is 18.6. The fourth-order valence-electron chi connectivity index (χ4n) is 4.56. The fourth-order valence-corrected chi connectivity index (χ4v) is 4.56. The van der Waals surface area contributed by atoms with Crippen LogP contribution in [0, 0.1) is 11.8 Å². The van der Waals surface area contributed by atoms with Gasteiger partial charge in [-0.3, -0.25) is 9.59 Å². The minimum absolute atomic E-state index is 0.208. The fraction of sp³-hybridized carbons (Fsp3) is 0.400. The third-order valence-corrected chi connectivity index (χ3v) is 5.60. The number of carboxylic acid groups (broad SMARTS) is 1. The maximum Gasteiger partial charge on any atom is 0.310 e. The summed E-state index contributed by atoms with van der Waals surface area (Å²) in [5.41, 5.74) is 0.704. The highest BCUT2D eigenvalue weighted by Gasteiger charge is 2.71. The number of hydrogen-bond acceptors (Lipinski definition) is 4. The zero-order valence-corrected chi connectivity index (χ0v) is 14.7. The minimum Gasteiger partial charge on any atom is -0.497 e. The number of rotatable bonds is 5. The van der Waals surface area contributed by atoms with Crippen LogP contribution in [0.5, 0.6) is 5.75 Å². The summed E-state index contributed by atoms with van der Waals surface area (Å²) >= 11 is 0. The quantitative estimate of drug-likeness (QED) is 0.821. The monoisotopic (exact) mass is 355 g/mol. The molecule has 0 aromatic heterocycles. The van der Waals surface area contributed by atoms with Gasteiger partial charge in [0, 0.05) is 5.69 Å². The third-order valence-electron chi connectivity index (χ3n) is 5.60. The highest BCUT2D eigenvalue weighted by atomic mass is 16.5. The standard InChI is InChI=1S/C20H21NO5/c1-11(2)10-15-20-9-8-14(26-20)16(19(23)24)17(20)18(22)21(15)12-4-6-13(25-3)7-5-12/h4-9,14-17H,1,10H2,2-3H3,(H,23,24)/t14-,15?,16?,17+,20-/m1/s1. The highest BCUT2D eigenvalue weighted by molar-refractivity contribution is 6.03. The Hall–Kier alpha value is -2.60. The maximum absolute atomic E-state index is 13.3. The van der Waals surface area contributed by atoms with Crippen LogP contribution in [0.3, 0.4) is 0 Å². The molecule has 1 N–H and O–H groups in total. The van der Waals surface area contributed by atoms with Gasteiger partial charge in [-0.25, -0.2) is 0 Å². The molecule has 3 aliphatic heterocycles. The molecular formula is C20H21NO5. The van der Waals surface area contributed by atoms with Crippen molar-refractivity contribution in [1.82, 2.24) is 0 Å². The molecule has 2 bridgehead atoms. The van der Waals surface area contributed by atoms with E-state index in [4.69, 9.17) is 9.47 Å². The number of fused-ring (bicyclic) bond motifs is 1. The van der Waals surface area contributed by atoms with Gasteiger partial charge < -0.3 is 19.5 Å². The van der Waals surface area contributed by atoms with Crippen molar-refractivity contribution in [3.8, 4) is 5.75 Å². The number of anilines is 1. The molecule has 2 unspecified atom stereocenters. The van der Waals surface area contributed by atoms with Crippen LogP contribution in [0.25, 0.3) is 0 Å². The molecule has 5 atom stereocenters. The first kappa shape index (κ1) is 16.8. The number of carbonyl (C=O) groups excluding carboxylic acids is 1. The van der Waals surface area contributed by atoms with Gasteiger partial charge in [-0.05, 0) is 37.6 Å². The van der Waals surface area contributed by atoms with Crippen molar-refractivity contribution in [3.63, 3.8) is 0 Å². The molecule has 136 valence electrons. The number of aliphatic carboxylic acids is 1. The van der Waals surface area contributed by atoms with E-state index in [2.05, 4.69) is 6.58 Å². The molecule has 6 heteroatoms. The zero-order valence-electron chi connectivity index (χ0n) is 14.7. The molecule has 1 amide bonds. The summed E-state index contributed by atoms with van der Waals surface area (Å²) in [4.78, 5) is 26.8. The topological polar surface area (TPSA) is 76.1 Å². The largest absolute Gasteiger partial charge is 0.497 e. The van der Waals surface area contributed by atoms with Crippen molar-refractivity contribution in [1.29, 1.82) is 0 Å². The van der Waals surface area contributed by atoms with Crippen LogP contribution in [-0.2, 0) is 14.3 Å². The molecule has 2 saturated heterocycles. The number of carbonyl (C=O) groups is 2. The predicted molar refractivity (Wildman–Crippen MR) is 95.1 cm³/mol. The molecule has 3 aliphatic rings. The number of ether oxygens (including phenoxy) is 2. The van der Waals surface area contributed by atoms with Crippen molar-refractivity contribution in [2.75, 3.05) is 12.0 Å². The van der Waals surface area contributed by atoms with Crippen molar-refractivity contribution in [3.05, 3.63) is 48.6 Å². The van der Waals surface area contributed by atoms with Gasteiger partial charge in [0.25, 0.3) is 0 Å². The Morgan fingerprint density at radius 1 is 1.38 bits per heavy atom. The Morgan fingerprint density at radius 2 is 2.08 bits per heavy atom. The van der Waals surface area contributed by atoms with E-state index in [1.807, 2.05) is 25.1 Å². The molecule has 1 aromatic carbocycles. The normalized spacial score (nSPS) is 34.2. The second kappa shape index (κ2) is 5.71. The van der Waals surface area contributed by atoms with Crippen LogP contribution in [0.4, 0.5) is 5.69 Å². The Balaban J connectivity index is 1.81. The lowest BCUT2D eigenvalue weighted by molar-refractivity contribution is -0.146. The second-order valence-corrected chi connectivity index (χ2v) is 7.22. The Bertz CT molecular complexity index is 814. The summed E-state index contributed by atoms with van der Waals surface area (Å²) in [6.07, 6.45) is 3.66. The Morgan fingerprint density at radius 3 is 2.65 bits per heavy atom. The molecule has 2 fully saturated rings. The van der Waals surface area contributed by atoms with Crippen LogP contribution in [0.1, 0.15) is 13.3 Å². The van der Waals surface area contributed by atoms with Crippen LogP contribution in [0.15, 0.2) is 48.6 Å². The van der Waals surface area contributed by atoms with E-state index in [1.165, 1.54) is 0 Å². The summed E-state index contributed by atoms with van der Waals surface area (Å²) in [7, 11) is 1.58. The molecule has 6 nitrogen and oxygen atoms in total. The molecule has 1 aromatic rings. The van der Waals surface area contributed by atoms with E-state index < -0.39 is 29.5 Å². The lowest BCUT2D eigenvalue weighted by Crippen LogP contribution is -2.45. The average Bonchev–Trinajstić information content (AvgIpc) is 3.24. The number of methoxy groups -OCH3 is 1. The van der Waals surface area contributed by atoms with E-state index in [0.717, 1.165) is 5.57 Å². The minimum atomic E-state index is -0.995. The predicted octanol–water partition coefficient (Wildman–Crippen LogP) is 2.40. The first-order valence-electron chi connectivity index (χ1n) is 8.60. The van der Waals surface area contributed by atoms with Crippen molar-refractivity contribution in [2.24, 2.45) is 11.8 Å².